The Hall–Kier alpha value is -3.77. The van der Waals surface area contributed by atoms with Gasteiger partial charge in [0.1, 0.15) is 0 Å². The summed E-state index contributed by atoms with van der Waals surface area (Å²) in [5.74, 6) is 0.544. The first-order valence-corrected chi connectivity index (χ1v) is 11.5. The zero-order valence-corrected chi connectivity index (χ0v) is 21.1. The zero-order chi connectivity index (χ0) is 24.2. The van der Waals surface area contributed by atoms with Crippen LogP contribution in [0.2, 0.25) is 0 Å². The fourth-order valence-electron chi connectivity index (χ4n) is 3.27. The predicted octanol–water partition coefficient (Wildman–Crippen LogP) is 2.28. The molecule has 0 radical (unpaired) electrons. The van der Waals surface area contributed by atoms with Gasteiger partial charge in [-0.2, -0.15) is 5.43 Å². The standard InChI is InChI=1S/C28H32N6.ClH/c1-22(25-13-7-4-8-14-25)19-30-33-28(29)34(31-20-23(2)26-15-9-5-10-16-26)32-21-24(3)27-17-11-6-12-18-27;/h4-24H,1-3H3,(H2,29,33);1H/b30-19+,31-20+,32-21+;. The number of guanidine groups is 1. The minimum atomic E-state index is 0. The summed E-state index contributed by atoms with van der Waals surface area (Å²) in [6.45, 7) is 6.24. The highest BCUT2D eigenvalue weighted by Gasteiger charge is 2.10. The summed E-state index contributed by atoms with van der Waals surface area (Å²) in [6.07, 6.45) is 5.46. The maximum absolute atomic E-state index is 6.28. The van der Waals surface area contributed by atoms with Crippen molar-refractivity contribution < 1.29 is 17.2 Å². The lowest BCUT2D eigenvalue weighted by molar-refractivity contribution is -0.540. The molecule has 0 amide bonds. The summed E-state index contributed by atoms with van der Waals surface area (Å²) in [5, 5.41) is 13.4. The molecular weight excluding hydrogens is 456 g/mol. The molecule has 182 valence electrons. The molecule has 6 nitrogen and oxygen atoms in total. The molecular formula is C28H33ClN6. The van der Waals surface area contributed by atoms with Gasteiger partial charge >= 0.3 is 5.96 Å². The Balaban J connectivity index is 0.00000432. The summed E-state index contributed by atoms with van der Waals surface area (Å²) in [5.41, 5.74) is 12.7. The normalized spacial score (nSPS) is 13.9. The van der Waals surface area contributed by atoms with Crippen LogP contribution in [-0.4, -0.2) is 29.4 Å². The van der Waals surface area contributed by atoms with Crippen molar-refractivity contribution in [1.82, 2.24) is 5.43 Å². The molecule has 3 aromatic rings. The van der Waals surface area contributed by atoms with E-state index in [0.717, 1.165) is 11.1 Å². The molecule has 0 fully saturated rings. The fraction of sp³-hybridized carbons (Fsp3) is 0.214. The molecule has 7 heteroatoms. The minimum absolute atomic E-state index is 0. The van der Waals surface area contributed by atoms with Gasteiger partial charge in [0.2, 0.25) is 0 Å². The van der Waals surface area contributed by atoms with E-state index in [-0.39, 0.29) is 36.1 Å². The van der Waals surface area contributed by atoms with Crippen molar-refractivity contribution in [3.63, 3.8) is 0 Å². The summed E-state index contributed by atoms with van der Waals surface area (Å²) < 4.78 is 0. The molecule has 3 aromatic carbocycles. The zero-order valence-electron chi connectivity index (χ0n) is 20.4. The lowest BCUT2D eigenvalue weighted by atomic mass is 10.0. The summed E-state index contributed by atoms with van der Waals surface area (Å²) in [7, 11) is 0. The topological polar surface area (TPSA) is 78.1 Å². The van der Waals surface area contributed by atoms with Crippen molar-refractivity contribution in [2.75, 3.05) is 0 Å². The van der Waals surface area contributed by atoms with Gasteiger partial charge < -0.3 is 12.4 Å². The van der Waals surface area contributed by atoms with Crippen LogP contribution in [0.4, 0.5) is 0 Å². The van der Waals surface area contributed by atoms with E-state index in [4.69, 9.17) is 5.73 Å². The Morgan fingerprint density at radius 3 is 1.37 bits per heavy atom. The second kappa shape index (κ2) is 14.5. The van der Waals surface area contributed by atoms with E-state index in [2.05, 4.69) is 77.9 Å². The molecule has 3 N–H and O–H groups in total. The van der Waals surface area contributed by atoms with Crippen molar-refractivity contribution in [2.45, 2.75) is 38.5 Å². The smallest absolute Gasteiger partial charge is 0.416 e. The number of hydrogen-bond acceptors (Lipinski definition) is 3. The lowest BCUT2D eigenvalue weighted by Crippen LogP contribution is -3.00. The Morgan fingerprint density at radius 2 is 1.00 bits per heavy atom. The minimum Gasteiger partial charge on any atom is -1.00 e. The molecule has 0 aliphatic rings. The van der Waals surface area contributed by atoms with Crippen molar-refractivity contribution in [3.05, 3.63) is 108 Å². The molecule has 0 spiro atoms. The van der Waals surface area contributed by atoms with E-state index in [0.29, 0.717) is 0 Å². The van der Waals surface area contributed by atoms with Crippen LogP contribution in [0.25, 0.3) is 0 Å². The van der Waals surface area contributed by atoms with Gasteiger partial charge in [-0.05, 0) is 21.5 Å². The second-order valence-electron chi connectivity index (χ2n) is 8.19. The van der Waals surface area contributed by atoms with Crippen LogP contribution >= 0.6 is 0 Å². The molecule has 3 rings (SSSR count). The second-order valence-corrected chi connectivity index (χ2v) is 8.19. The van der Waals surface area contributed by atoms with Gasteiger partial charge in [-0.15, -0.1) is 5.10 Å². The van der Waals surface area contributed by atoms with Gasteiger partial charge in [0.15, 0.2) is 0 Å². The molecule has 0 saturated heterocycles. The van der Waals surface area contributed by atoms with Crippen molar-refractivity contribution in [3.8, 4) is 0 Å². The number of benzene rings is 3. The van der Waals surface area contributed by atoms with Crippen LogP contribution < -0.4 is 23.6 Å². The number of halogens is 1. The Kier molecular flexibility index (Phi) is 11.4. The van der Waals surface area contributed by atoms with Crippen LogP contribution in [0, 0.1) is 0 Å². The van der Waals surface area contributed by atoms with Crippen LogP contribution in [-0.2, 0) is 0 Å². The fourth-order valence-corrected chi connectivity index (χ4v) is 3.27. The van der Waals surface area contributed by atoms with E-state index < -0.39 is 0 Å². The Labute approximate surface area is 214 Å². The Morgan fingerprint density at radius 1 is 0.657 bits per heavy atom. The van der Waals surface area contributed by atoms with Crippen LogP contribution in [0.5, 0.6) is 0 Å². The van der Waals surface area contributed by atoms with Gasteiger partial charge in [0, 0.05) is 36.4 Å². The summed E-state index contributed by atoms with van der Waals surface area (Å²) >= 11 is 0. The molecule has 3 atom stereocenters. The van der Waals surface area contributed by atoms with Gasteiger partial charge in [-0.3, -0.25) is 5.73 Å². The molecule has 35 heavy (non-hydrogen) atoms. The number of hydrazone groups is 3. The third kappa shape index (κ3) is 8.83. The van der Waals surface area contributed by atoms with Gasteiger partial charge in [-0.25, -0.2) is 0 Å². The maximum Gasteiger partial charge on any atom is 0.416 e. The van der Waals surface area contributed by atoms with Crippen molar-refractivity contribution in [1.29, 1.82) is 0 Å². The number of nitrogens with one attached hydrogen (secondary N) is 1. The molecule has 3 unspecified atom stereocenters. The highest BCUT2D eigenvalue weighted by molar-refractivity contribution is 5.76. The van der Waals surface area contributed by atoms with E-state index in [1.165, 1.54) is 10.4 Å². The van der Waals surface area contributed by atoms with E-state index in [1.807, 2.05) is 73.2 Å². The third-order valence-corrected chi connectivity index (χ3v) is 5.47. The number of nitrogens with two attached hydrogens (primary N) is 1. The third-order valence-electron chi connectivity index (χ3n) is 5.47. The first-order chi connectivity index (χ1) is 16.5. The van der Waals surface area contributed by atoms with Crippen molar-refractivity contribution >= 4 is 24.6 Å². The largest absolute Gasteiger partial charge is 1.00 e. The quantitative estimate of drug-likeness (QED) is 0.210. The summed E-state index contributed by atoms with van der Waals surface area (Å²) in [6, 6.07) is 30.5. The van der Waals surface area contributed by atoms with E-state index in [9.17, 15) is 0 Å². The predicted molar refractivity (Wildman–Crippen MR) is 143 cm³/mol. The molecule has 0 aliphatic heterocycles. The maximum atomic E-state index is 6.28. The van der Waals surface area contributed by atoms with Crippen LogP contribution in [0.1, 0.15) is 55.2 Å². The van der Waals surface area contributed by atoms with E-state index in [1.54, 1.807) is 0 Å². The van der Waals surface area contributed by atoms with Crippen LogP contribution in [0.3, 0.4) is 0 Å². The molecule has 0 heterocycles. The molecule has 0 bridgehead atoms. The average molecular weight is 489 g/mol. The Bertz CT molecular complexity index is 1070. The molecule has 0 aromatic heterocycles. The molecule has 0 aliphatic carbocycles. The highest BCUT2D eigenvalue weighted by Crippen LogP contribution is 2.14. The lowest BCUT2D eigenvalue weighted by Gasteiger charge is -2.07. The first kappa shape index (κ1) is 27.5. The highest BCUT2D eigenvalue weighted by atomic mass is 35.5. The van der Waals surface area contributed by atoms with Gasteiger partial charge in [-0.1, -0.05) is 122 Å². The van der Waals surface area contributed by atoms with E-state index >= 15 is 0 Å². The molecule has 0 saturated carbocycles. The SMILES string of the molecule is CC(/C=N/NC(N)=[N+](/N=C/C(C)c1ccccc1)/N=C/C(C)c1ccccc1)c1ccccc1.[Cl-]. The van der Waals surface area contributed by atoms with Crippen LogP contribution in [0.15, 0.2) is 106 Å². The average Bonchev–Trinajstić information content (AvgIpc) is 2.89. The monoisotopic (exact) mass is 488 g/mol. The van der Waals surface area contributed by atoms with Gasteiger partial charge in [0.05, 0.1) is 0 Å². The first-order valence-electron chi connectivity index (χ1n) is 11.5. The van der Waals surface area contributed by atoms with Gasteiger partial charge in [0.25, 0.3) is 0 Å². The van der Waals surface area contributed by atoms with Crippen molar-refractivity contribution in [2.24, 2.45) is 21.0 Å². The number of nitrogens with zero attached hydrogens (tertiary/aromatic N) is 4. The summed E-state index contributed by atoms with van der Waals surface area (Å²) in [4.78, 5) is 1.38. The number of hydrogen-bond donors (Lipinski definition) is 2. The number of rotatable bonds is 9.